The molecule has 1 saturated heterocycles. The third-order valence-electron chi connectivity index (χ3n) is 9.64. The number of hydrogen-bond acceptors (Lipinski definition) is 5. The summed E-state index contributed by atoms with van der Waals surface area (Å²) in [4.78, 5) is 58.3. The molecule has 2 heterocycles. The molecule has 10 nitrogen and oxygen atoms in total. The van der Waals surface area contributed by atoms with Crippen LogP contribution in [0.2, 0.25) is 0 Å². The smallest absolute Gasteiger partial charge is 0.306 e. The predicted molar refractivity (Wildman–Crippen MR) is 197 cm³/mol. The Morgan fingerprint density at radius 2 is 1.29 bits per heavy atom. The highest BCUT2D eigenvalue weighted by Gasteiger charge is 2.34. The number of nitrogens with two attached hydrogens (primary N) is 1. The monoisotopic (exact) mass is 685 g/mol. The fraction of sp³-hybridized carbons (Fsp3) is 0.268. The number of piperidine rings is 1. The fourth-order valence-corrected chi connectivity index (χ4v) is 6.71. The molecule has 0 radical (unpaired) electrons. The van der Waals surface area contributed by atoms with E-state index in [1.54, 1.807) is 4.90 Å². The number of nitrogens with zero attached hydrogens (tertiary/aromatic N) is 1. The number of aliphatic carboxylic acids is 1. The zero-order chi connectivity index (χ0) is 35.7. The van der Waals surface area contributed by atoms with Crippen molar-refractivity contribution in [2.24, 2.45) is 11.7 Å². The molecular formula is C41H43N5O5. The van der Waals surface area contributed by atoms with E-state index in [4.69, 9.17) is 5.73 Å². The van der Waals surface area contributed by atoms with Crippen LogP contribution in [0.15, 0.2) is 115 Å². The number of carboxylic acid groups (broad SMARTS) is 1. The number of amides is 3. The lowest BCUT2D eigenvalue weighted by atomic mass is 9.95. The third kappa shape index (κ3) is 8.90. The minimum Gasteiger partial charge on any atom is -0.481 e. The number of likely N-dealkylation sites (tertiary alicyclic amines) is 1. The van der Waals surface area contributed by atoms with Crippen LogP contribution in [0, 0.1) is 5.92 Å². The van der Waals surface area contributed by atoms with Crippen molar-refractivity contribution in [2.45, 2.75) is 50.2 Å². The van der Waals surface area contributed by atoms with Crippen LogP contribution in [0.3, 0.4) is 0 Å². The van der Waals surface area contributed by atoms with Crippen molar-refractivity contribution in [3.63, 3.8) is 0 Å². The van der Waals surface area contributed by atoms with Crippen LogP contribution in [-0.4, -0.2) is 69.9 Å². The average Bonchev–Trinajstić information content (AvgIpc) is 3.57. The molecule has 51 heavy (non-hydrogen) atoms. The summed E-state index contributed by atoms with van der Waals surface area (Å²) in [5.41, 5.74) is 11.9. The Bertz CT molecular complexity index is 1950. The van der Waals surface area contributed by atoms with Crippen LogP contribution >= 0.6 is 0 Å². The van der Waals surface area contributed by atoms with Gasteiger partial charge >= 0.3 is 5.97 Å². The maximum Gasteiger partial charge on any atom is 0.306 e. The maximum atomic E-state index is 14.3. The summed E-state index contributed by atoms with van der Waals surface area (Å²) in [6.45, 7) is 0.553. The lowest BCUT2D eigenvalue weighted by Crippen LogP contribution is -2.58. The summed E-state index contributed by atoms with van der Waals surface area (Å²) >= 11 is 0. The van der Waals surface area contributed by atoms with Gasteiger partial charge in [-0.15, -0.1) is 0 Å². The molecule has 3 amide bonds. The van der Waals surface area contributed by atoms with Gasteiger partial charge in [-0.2, -0.15) is 0 Å². The molecule has 1 aromatic heterocycles. The van der Waals surface area contributed by atoms with Gasteiger partial charge in [-0.05, 0) is 53.1 Å². The van der Waals surface area contributed by atoms with Gasteiger partial charge in [0.05, 0.1) is 12.0 Å². The Morgan fingerprint density at radius 3 is 1.98 bits per heavy atom. The molecule has 1 aliphatic heterocycles. The van der Waals surface area contributed by atoms with Crippen molar-refractivity contribution in [2.75, 3.05) is 13.1 Å². The van der Waals surface area contributed by atoms with E-state index < -0.39 is 41.8 Å². The van der Waals surface area contributed by atoms with Gasteiger partial charge in [-0.25, -0.2) is 0 Å². The molecule has 0 bridgehead atoms. The van der Waals surface area contributed by atoms with E-state index in [-0.39, 0.29) is 31.8 Å². The first-order chi connectivity index (χ1) is 24.7. The number of aromatic nitrogens is 1. The zero-order valence-corrected chi connectivity index (χ0v) is 28.3. The number of benzene rings is 4. The van der Waals surface area contributed by atoms with Gasteiger partial charge in [0.1, 0.15) is 12.1 Å². The molecule has 1 fully saturated rings. The molecule has 4 aromatic carbocycles. The minimum absolute atomic E-state index is 0.163. The van der Waals surface area contributed by atoms with Gasteiger partial charge in [0, 0.05) is 43.0 Å². The standard InChI is InChI=1S/C41H43N5O5/c42-34(23-27-9-3-1-4-10-27)38(47)44-36(25-32-26-43-35-14-8-7-13-33(32)35)39(48)45-37(40(49)46-21-19-31(20-22-46)41(50)51)24-28-15-17-30(18-16-28)29-11-5-2-6-12-29/h1-18,26,31,34,36-37,43H,19-25,42H2,(H,44,47)(H,45,48)(H,50,51)/t34-,36+,37+/m0/s1. The van der Waals surface area contributed by atoms with Crippen molar-refractivity contribution in [3.05, 3.63) is 132 Å². The van der Waals surface area contributed by atoms with Gasteiger partial charge in [-0.1, -0.05) is 103 Å². The molecule has 6 rings (SSSR count). The number of fused-ring (bicyclic) bond motifs is 1. The number of H-pyrrole nitrogens is 1. The molecule has 0 unspecified atom stereocenters. The van der Waals surface area contributed by atoms with E-state index in [9.17, 15) is 24.3 Å². The normalized spacial score (nSPS) is 15.1. The fourth-order valence-electron chi connectivity index (χ4n) is 6.71. The first-order valence-electron chi connectivity index (χ1n) is 17.4. The van der Waals surface area contributed by atoms with Gasteiger partial charge in [-0.3, -0.25) is 19.2 Å². The van der Waals surface area contributed by atoms with Crippen molar-refractivity contribution < 1.29 is 24.3 Å². The second-order valence-electron chi connectivity index (χ2n) is 13.2. The van der Waals surface area contributed by atoms with E-state index in [2.05, 4.69) is 15.6 Å². The highest BCUT2D eigenvalue weighted by atomic mass is 16.4. The number of carbonyl (C=O) groups is 4. The topological polar surface area (TPSA) is 158 Å². The largest absolute Gasteiger partial charge is 0.481 e. The Labute approximate surface area is 297 Å². The molecule has 1 aliphatic rings. The van der Waals surface area contributed by atoms with E-state index >= 15 is 0 Å². The van der Waals surface area contributed by atoms with Crippen LogP contribution < -0.4 is 16.4 Å². The first kappa shape index (κ1) is 35.1. The van der Waals surface area contributed by atoms with Crippen molar-refractivity contribution >= 4 is 34.6 Å². The average molecular weight is 686 g/mol. The molecule has 3 atom stereocenters. The number of para-hydroxylation sites is 1. The highest BCUT2D eigenvalue weighted by molar-refractivity contribution is 5.94. The predicted octanol–water partition coefficient (Wildman–Crippen LogP) is 4.48. The number of carboxylic acids is 1. The summed E-state index contributed by atoms with van der Waals surface area (Å²) in [5.74, 6) is -2.67. The summed E-state index contributed by atoms with van der Waals surface area (Å²) in [6.07, 6.45) is 3.17. The Morgan fingerprint density at radius 1 is 0.706 bits per heavy atom. The van der Waals surface area contributed by atoms with Crippen LogP contribution in [0.4, 0.5) is 0 Å². The van der Waals surface area contributed by atoms with Gasteiger partial charge < -0.3 is 31.4 Å². The van der Waals surface area contributed by atoms with E-state index in [0.29, 0.717) is 19.3 Å². The quantitative estimate of drug-likeness (QED) is 0.123. The zero-order valence-electron chi connectivity index (χ0n) is 28.3. The Balaban J connectivity index is 1.24. The molecule has 0 saturated carbocycles. The lowest BCUT2D eigenvalue weighted by Gasteiger charge is -2.33. The van der Waals surface area contributed by atoms with E-state index in [1.807, 2.05) is 115 Å². The Hall–Kier alpha value is -5.74. The lowest BCUT2D eigenvalue weighted by molar-refractivity contribution is -0.146. The second-order valence-corrected chi connectivity index (χ2v) is 13.2. The van der Waals surface area contributed by atoms with Crippen molar-refractivity contribution in [3.8, 4) is 11.1 Å². The molecule has 10 heteroatoms. The van der Waals surface area contributed by atoms with Crippen LogP contribution in [-0.2, 0) is 38.4 Å². The number of nitrogens with one attached hydrogen (secondary N) is 3. The number of rotatable bonds is 13. The molecule has 5 aromatic rings. The highest BCUT2D eigenvalue weighted by Crippen LogP contribution is 2.23. The van der Waals surface area contributed by atoms with E-state index in [0.717, 1.165) is 38.7 Å². The number of hydrogen-bond donors (Lipinski definition) is 5. The van der Waals surface area contributed by atoms with Crippen molar-refractivity contribution in [1.82, 2.24) is 20.5 Å². The van der Waals surface area contributed by atoms with Crippen LogP contribution in [0.25, 0.3) is 22.0 Å². The molecule has 0 aliphatic carbocycles. The van der Waals surface area contributed by atoms with Crippen LogP contribution in [0.1, 0.15) is 29.5 Å². The van der Waals surface area contributed by atoms with Gasteiger partial charge in [0.25, 0.3) is 0 Å². The van der Waals surface area contributed by atoms with Gasteiger partial charge in [0.15, 0.2) is 0 Å². The summed E-state index contributed by atoms with van der Waals surface area (Å²) in [7, 11) is 0. The minimum atomic E-state index is -1.04. The molecule has 0 spiro atoms. The van der Waals surface area contributed by atoms with Crippen LogP contribution in [0.5, 0.6) is 0 Å². The second kappa shape index (κ2) is 16.3. The van der Waals surface area contributed by atoms with Gasteiger partial charge in [0.2, 0.25) is 17.7 Å². The first-order valence-corrected chi connectivity index (χ1v) is 17.4. The Kier molecular flexibility index (Phi) is 11.2. The SMILES string of the molecule is N[C@@H](Cc1ccccc1)C(=O)N[C@H](Cc1c[nH]c2ccccc12)C(=O)N[C@H](Cc1ccc(-c2ccccc2)cc1)C(=O)N1CCC(C(=O)O)CC1. The molecule has 262 valence electrons. The maximum absolute atomic E-state index is 14.3. The molecular weight excluding hydrogens is 642 g/mol. The molecule has 6 N–H and O–H groups in total. The number of aromatic amines is 1. The number of carbonyl (C=O) groups excluding carboxylic acids is 3. The summed E-state index contributed by atoms with van der Waals surface area (Å²) < 4.78 is 0. The summed E-state index contributed by atoms with van der Waals surface area (Å²) in [5, 5.41) is 16.3. The van der Waals surface area contributed by atoms with Crippen molar-refractivity contribution in [1.29, 1.82) is 0 Å². The summed E-state index contributed by atoms with van der Waals surface area (Å²) in [6, 6.07) is 32.1. The van der Waals surface area contributed by atoms with E-state index in [1.165, 1.54) is 0 Å². The third-order valence-corrected chi connectivity index (χ3v) is 9.64.